The maximum atomic E-state index is 12.4. The number of rotatable bonds is 9. The largest absolute Gasteiger partial charge is 0.462 e. The van der Waals surface area contributed by atoms with Crippen molar-refractivity contribution in [3.63, 3.8) is 0 Å². The number of amides is 1. The Kier molecular flexibility index (Phi) is 7.93. The van der Waals surface area contributed by atoms with Crippen LogP contribution in [0.3, 0.4) is 0 Å². The number of nitrogens with one attached hydrogen (secondary N) is 1. The molecule has 1 N–H and O–H groups in total. The maximum absolute atomic E-state index is 12.4. The van der Waals surface area contributed by atoms with Crippen LogP contribution in [0.1, 0.15) is 47.9 Å². The van der Waals surface area contributed by atoms with E-state index in [0.29, 0.717) is 17.9 Å². The third-order valence-electron chi connectivity index (χ3n) is 5.01. The smallest absolute Gasteiger partial charge is 0.338 e. The SMILES string of the molecule is CCCOC(=O)c1ccc(NC(=O)CSc2nc(C)c(C)n2CC2CCCO2)cc1. The minimum atomic E-state index is -0.353. The summed E-state index contributed by atoms with van der Waals surface area (Å²) in [6.07, 6.45) is 3.15. The van der Waals surface area contributed by atoms with Crippen molar-refractivity contribution in [1.82, 2.24) is 9.55 Å². The fourth-order valence-corrected chi connectivity index (χ4v) is 4.14. The Labute approximate surface area is 181 Å². The molecule has 1 aliphatic heterocycles. The van der Waals surface area contributed by atoms with E-state index in [1.54, 1.807) is 24.3 Å². The molecule has 1 aromatic heterocycles. The molecule has 0 bridgehead atoms. The molecule has 1 fully saturated rings. The van der Waals surface area contributed by atoms with E-state index in [4.69, 9.17) is 9.47 Å². The molecule has 1 amide bonds. The third kappa shape index (κ3) is 5.86. The highest BCUT2D eigenvalue weighted by molar-refractivity contribution is 7.99. The topological polar surface area (TPSA) is 82.5 Å². The summed E-state index contributed by atoms with van der Waals surface area (Å²) in [4.78, 5) is 28.9. The van der Waals surface area contributed by atoms with E-state index in [0.717, 1.165) is 49.0 Å². The number of hydrogen-bond acceptors (Lipinski definition) is 6. The van der Waals surface area contributed by atoms with Crippen molar-refractivity contribution in [2.24, 2.45) is 0 Å². The summed E-state index contributed by atoms with van der Waals surface area (Å²) in [5, 5.41) is 3.70. The van der Waals surface area contributed by atoms with Crippen LogP contribution in [0, 0.1) is 13.8 Å². The lowest BCUT2D eigenvalue weighted by molar-refractivity contribution is -0.113. The number of hydrogen-bond donors (Lipinski definition) is 1. The van der Waals surface area contributed by atoms with Gasteiger partial charge in [-0.1, -0.05) is 18.7 Å². The van der Waals surface area contributed by atoms with Crippen LogP contribution in [0.5, 0.6) is 0 Å². The second kappa shape index (κ2) is 10.6. The Hall–Kier alpha value is -2.32. The van der Waals surface area contributed by atoms with Crippen LogP contribution in [0.25, 0.3) is 0 Å². The molecule has 7 nitrogen and oxygen atoms in total. The predicted molar refractivity (Wildman–Crippen MR) is 117 cm³/mol. The summed E-state index contributed by atoms with van der Waals surface area (Å²) >= 11 is 1.42. The van der Waals surface area contributed by atoms with E-state index in [2.05, 4.69) is 21.8 Å². The fraction of sp³-hybridized carbons (Fsp3) is 0.500. The third-order valence-corrected chi connectivity index (χ3v) is 5.98. The first-order valence-corrected chi connectivity index (χ1v) is 11.3. The van der Waals surface area contributed by atoms with Crippen molar-refractivity contribution in [3.8, 4) is 0 Å². The van der Waals surface area contributed by atoms with Crippen molar-refractivity contribution >= 4 is 29.3 Å². The zero-order valence-corrected chi connectivity index (χ0v) is 18.6. The number of imidazole rings is 1. The summed E-state index contributed by atoms with van der Waals surface area (Å²) in [7, 11) is 0. The molecule has 0 saturated carbocycles. The number of carbonyl (C=O) groups is 2. The van der Waals surface area contributed by atoms with Crippen molar-refractivity contribution in [2.75, 3.05) is 24.3 Å². The molecule has 3 rings (SSSR count). The summed E-state index contributed by atoms with van der Waals surface area (Å²) in [6.45, 7) is 7.97. The Morgan fingerprint density at radius 3 is 2.73 bits per heavy atom. The molecule has 1 unspecified atom stereocenters. The summed E-state index contributed by atoms with van der Waals surface area (Å²) in [5.74, 6) is -0.223. The fourth-order valence-electron chi connectivity index (χ4n) is 3.24. The number of aryl methyl sites for hydroxylation is 1. The molecule has 30 heavy (non-hydrogen) atoms. The van der Waals surface area contributed by atoms with E-state index < -0.39 is 0 Å². The van der Waals surface area contributed by atoms with Gasteiger partial charge in [-0.3, -0.25) is 4.79 Å². The van der Waals surface area contributed by atoms with Gasteiger partial charge in [0.05, 0.1) is 36.3 Å². The average molecular weight is 432 g/mol. The first kappa shape index (κ1) is 22.4. The van der Waals surface area contributed by atoms with Gasteiger partial charge in [-0.05, 0) is 57.4 Å². The minimum absolute atomic E-state index is 0.122. The normalized spacial score (nSPS) is 15.9. The van der Waals surface area contributed by atoms with E-state index in [9.17, 15) is 9.59 Å². The highest BCUT2D eigenvalue weighted by atomic mass is 32.2. The van der Waals surface area contributed by atoms with Gasteiger partial charge in [-0.2, -0.15) is 0 Å². The molecule has 1 atom stereocenters. The molecule has 0 spiro atoms. The van der Waals surface area contributed by atoms with Crippen molar-refractivity contribution in [2.45, 2.75) is 57.8 Å². The van der Waals surface area contributed by atoms with Gasteiger partial charge < -0.3 is 19.4 Å². The van der Waals surface area contributed by atoms with Gasteiger partial charge in [-0.25, -0.2) is 9.78 Å². The summed E-state index contributed by atoms with van der Waals surface area (Å²) < 4.78 is 13.0. The van der Waals surface area contributed by atoms with Gasteiger partial charge in [-0.15, -0.1) is 0 Å². The highest BCUT2D eigenvalue weighted by Gasteiger charge is 2.20. The van der Waals surface area contributed by atoms with E-state index >= 15 is 0 Å². The lowest BCUT2D eigenvalue weighted by Crippen LogP contribution is -2.18. The number of benzene rings is 1. The van der Waals surface area contributed by atoms with Gasteiger partial charge >= 0.3 is 5.97 Å². The molecular weight excluding hydrogens is 402 g/mol. The maximum Gasteiger partial charge on any atom is 0.338 e. The highest BCUT2D eigenvalue weighted by Crippen LogP contribution is 2.24. The lowest BCUT2D eigenvalue weighted by atomic mass is 10.2. The van der Waals surface area contributed by atoms with Crippen LogP contribution >= 0.6 is 11.8 Å². The van der Waals surface area contributed by atoms with Crippen molar-refractivity contribution in [3.05, 3.63) is 41.2 Å². The monoisotopic (exact) mass is 431 g/mol. The van der Waals surface area contributed by atoms with E-state index in [1.165, 1.54) is 11.8 Å². The first-order chi connectivity index (χ1) is 14.5. The molecule has 162 valence electrons. The van der Waals surface area contributed by atoms with Crippen LogP contribution in [-0.2, 0) is 20.8 Å². The summed E-state index contributed by atoms with van der Waals surface area (Å²) in [6, 6.07) is 6.72. The number of nitrogens with zero attached hydrogens (tertiary/aromatic N) is 2. The Morgan fingerprint density at radius 2 is 2.07 bits per heavy atom. The molecule has 1 saturated heterocycles. The number of esters is 1. The van der Waals surface area contributed by atoms with Crippen molar-refractivity contribution < 1.29 is 19.1 Å². The molecule has 1 aliphatic rings. The van der Waals surface area contributed by atoms with Crippen LogP contribution in [0.2, 0.25) is 0 Å². The van der Waals surface area contributed by atoms with Crippen LogP contribution < -0.4 is 5.32 Å². The van der Waals surface area contributed by atoms with Crippen molar-refractivity contribution in [1.29, 1.82) is 0 Å². The van der Waals surface area contributed by atoms with Gasteiger partial charge in [0.1, 0.15) is 0 Å². The second-order valence-corrected chi connectivity index (χ2v) is 8.30. The Balaban J connectivity index is 1.54. The number of anilines is 1. The van der Waals surface area contributed by atoms with Crippen LogP contribution in [0.15, 0.2) is 29.4 Å². The zero-order valence-electron chi connectivity index (χ0n) is 17.8. The molecule has 0 aliphatic carbocycles. The molecule has 1 aromatic carbocycles. The average Bonchev–Trinajstić information content (AvgIpc) is 3.35. The predicted octanol–water partition coefficient (Wildman–Crippen LogP) is 3.98. The molecule has 2 heterocycles. The first-order valence-electron chi connectivity index (χ1n) is 10.3. The van der Waals surface area contributed by atoms with Gasteiger partial charge in [0.2, 0.25) is 5.91 Å². The second-order valence-electron chi connectivity index (χ2n) is 7.36. The number of thioether (sulfide) groups is 1. The van der Waals surface area contributed by atoms with Crippen LogP contribution in [-0.4, -0.2) is 46.5 Å². The van der Waals surface area contributed by atoms with E-state index in [-0.39, 0.29) is 23.7 Å². The Morgan fingerprint density at radius 1 is 1.30 bits per heavy atom. The number of carbonyl (C=O) groups excluding carboxylic acids is 2. The molecule has 8 heteroatoms. The molecule has 0 radical (unpaired) electrons. The lowest BCUT2D eigenvalue weighted by Gasteiger charge is -2.14. The Bertz CT molecular complexity index is 873. The molecule has 2 aromatic rings. The standard InChI is InChI=1S/C22H29N3O4S/c1-4-11-29-21(27)17-7-9-18(10-8-17)24-20(26)14-30-22-23-15(2)16(3)25(22)13-19-6-5-12-28-19/h7-10,19H,4-6,11-14H2,1-3H3,(H,24,26). The van der Waals surface area contributed by atoms with Gasteiger partial charge in [0.25, 0.3) is 0 Å². The quantitative estimate of drug-likeness (QED) is 0.478. The number of ether oxygens (including phenoxy) is 2. The minimum Gasteiger partial charge on any atom is -0.462 e. The van der Waals surface area contributed by atoms with Gasteiger partial charge in [0, 0.05) is 18.0 Å². The van der Waals surface area contributed by atoms with Gasteiger partial charge in [0.15, 0.2) is 5.16 Å². The number of aromatic nitrogens is 2. The molecular formula is C22H29N3O4S. The van der Waals surface area contributed by atoms with E-state index in [1.807, 2.05) is 13.8 Å². The summed E-state index contributed by atoms with van der Waals surface area (Å²) in [5.41, 5.74) is 3.20. The zero-order chi connectivity index (χ0) is 21.5. The van der Waals surface area contributed by atoms with Crippen LogP contribution in [0.4, 0.5) is 5.69 Å².